The second kappa shape index (κ2) is 7.13. The molecule has 5 heteroatoms. The van der Waals surface area contributed by atoms with Gasteiger partial charge in [-0.3, -0.25) is 5.43 Å². The van der Waals surface area contributed by atoms with Crippen LogP contribution in [0.2, 0.25) is 10.0 Å². The molecule has 0 aromatic heterocycles. The topological polar surface area (TPSA) is 28.8 Å². The number of benzene rings is 1. The average molecular weight is 301 g/mol. The molecular weight excluding hydrogens is 281 g/mol. The van der Waals surface area contributed by atoms with Gasteiger partial charge in [-0.2, -0.15) is 5.10 Å². The first-order chi connectivity index (χ1) is 9.19. The number of hydrogen-bond acceptors (Lipinski definition) is 2. The van der Waals surface area contributed by atoms with Crippen LogP contribution in [-0.2, 0) is 0 Å². The van der Waals surface area contributed by atoms with Gasteiger partial charge in [0.2, 0.25) is 0 Å². The van der Waals surface area contributed by atoms with Crippen molar-refractivity contribution in [3.8, 4) is 0 Å². The van der Waals surface area contributed by atoms with Crippen molar-refractivity contribution in [1.82, 2.24) is 0 Å². The SMILES string of the molecule is CCC[NH+]1CCC(=NNc2ccc(Cl)c(Cl)c2)CC1. The summed E-state index contributed by atoms with van der Waals surface area (Å²) >= 11 is 11.8. The zero-order valence-electron chi connectivity index (χ0n) is 11.2. The first-order valence-corrected chi connectivity index (χ1v) is 7.54. The Morgan fingerprint density at radius 3 is 2.58 bits per heavy atom. The Kier molecular flexibility index (Phi) is 5.49. The number of anilines is 1. The zero-order chi connectivity index (χ0) is 13.7. The summed E-state index contributed by atoms with van der Waals surface area (Å²) in [5.41, 5.74) is 5.19. The van der Waals surface area contributed by atoms with E-state index in [4.69, 9.17) is 23.2 Å². The number of likely N-dealkylation sites (tertiary alicyclic amines) is 1. The summed E-state index contributed by atoms with van der Waals surface area (Å²) in [4.78, 5) is 1.69. The van der Waals surface area contributed by atoms with Crippen molar-refractivity contribution in [2.45, 2.75) is 26.2 Å². The largest absolute Gasteiger partial charge is 0.334 e. The molecule has 1 saturated heterocycles. The molecule has 0 spiro atoms. The number of halogens is 2. The maximum absolute atomic E-state index is 5.97. The van der Waals surface area contributed by atoms with Crippen molar-refractivity contribution in [3.05, 3.63) is 28.2 Å². The Hall–Kier alpha value is -0.770. The molecule has 3 nitrogen and oxygen atoms in total. The van der Waals surface area contributed by atoms with Gasteiger partial charge in [0.15, 0.2) is 0 Å². The van der Waals surface area contributed by atoms with Crippen LogP contribution in [-0.4, -0.2) is 25.3 Å². The third kappa shape index (κ3) is 4.37. The van der Waals surface area contributed by atoms with Gasteiger partial charge >= 0.3 is 0 Å². The van der Waals surface area contributed by atoms with E-state index >= 15 is 0 Å². The summed E-state index contributed by atoms with van der Waals surface area (Å²) in [6, 6.07) is 5.46. The van der Waals surface area contributed by atoms with Crippen molar-refractivity contribution in [1.29, 1.82) is 0 Å². The molecule has 0 bridgehead atoms. The Balaban J connectivity index is 1.87. The minimum atomic E-state index is 0.550. The van der Waals surface area contributed by atoms with Gasteiger partial charge < -0.3 is 4.90 Å². The van der Waals surface area contributed by atoms with E-state index in [0.29, 0.717) is 10.0 Å². The lowest BCUT2D eigenvalue weighted by Gasteiger charge is -2.24. The first kappa shape index (κ1) is 14.6. The molecule has 2 N–H and O–H groups in total. The summed E-state index contributed by atoms with van der Waals surface area (Å²) in [5.74, 6) is 0. The van der Waals surface area contributed by atoms with Crippen molar-refractivity contribution in [2.75, 3.05) is 25.1 Å². The standard InChI is InChI=1S/C14H19Cl2N3/c1-2-7-19-8-5-11(6-9-19)17-18-12-3-4-13(15)14(16)10-12/h3-4,10,18H,2,5-9H2,1H3/p+1. The number of nitrogens with one attached hydrogen (secondary N) is 2. The van der Waals surface area contributed by atoms with E-state index in [1.54, 1.807) is 17.0 Å². The number of piperidine rings is 1. The molecule has 19 heavy (non-hydrogen) atoms. The van der Waals surface area contributed by atoms with Gasteiger partial charge in [-0.25, -0.2) is 0 Å². The van der Waals surface area contributed by atoms with E-state index in [2.05, 4.69) is 17.5 Å². The zero-order valence-corrected chi connectivity index (χ0v) is 12.7. The maximum Gasteiger partial charge on any atom is 0.0824 e. The minimum absolute atomic E-state index is 0.550. The monoisotopic (exact) mass is 300 g/mol. The Morgan fingerprint density at radius 1 is 1.21 bits per heavy atom. The van der Waals surface area contributed by atoms with Crippen molar-refractivity contribution >= 4 is 34.6 Å². The molecule has 0 radical (unpaired) electrons. The van der Waals surface area contributed by atoms with Crippen LogP contribution >= 0.6 is 23.2 Å². The summed E-state index contributed by atoms with van der Waals surface area (Å²) in [6.07, 6.45) is 3.40. The first-order valence-electron chi connectivity index (χ1n) is 6.79. The quantitative estimate of drug-likeness (QED) is 0.823. The number of rotatable bonds is 4. The molecule has 0 aliphatic carbocycles. The third-order valence-corrected chi connectivity index (χ3v) is 4.14. The van der Waals surface area contributed by atoms with Crippen LogP contribution in [0.1, 0.15) is 26.2 Å². The number of quaternary nitrogens is 1. The summed E-state index contributed by atoms with van der Waals surface area (Å²) in [7, 11) is 0. The number of hydrogen-bond donors (Lipinski definition) is 2. The molecular formula is C14H20Cl2N3+. The van der Waals surface area contributed by atoms with Crippen molar-refractivity contribution < 1.29 is 4.90 Å². The molecule has 104 valence electrons. The smallest absolute Gasteiger partial charge is 0.0824 e. The van der Waals surface area contributed by atoms with Gasteiger partial charge in [0.1, 0.15) is 0 Å². The highest BCUT2D eigenvalue weighted by Crippen LogP contribution is 2.24. The maximum atomic E-state index is 5.97. The van der Waals surface area contributed by atoms with Gasteiger partial charge in [-0.05, 0) is 24.6 Å². The molecule has 1 aromatic carbocycles. The van der Waals surface area contributed by atoms with Crippen molar-refractivity contribution in [2.24, 2.45) is 5.10 Å². The normalized spacial score (nSPS) is 19.3. The lowest BCUT2D eigenvalue weighted by molar-refractivity contribution is -0.901. The molecule has 0 saturated carbocycles. The van der Waals surface area contributed by atoms with Crippen LogP contribution < -0.4 is 10.3 Å². The van der Waals surface area contributed by atoms with Crippen LogP contribution in [0.5, 0.6) is 0 Å². The molecule has 0 atom stereocenters. The molecule has 2 rings (SSSR count). The van der Waals surface area contributed by atoms with Gasteiger partial charge in [0, 0.05) is 18.6 Å². The van der Waals surface area contributed by atoms with Gasteiger partial charge in [-0.15, -0.1) is 0 Å². The van der Waals surface area contributed by atoms with E-state index in [1.807, 2.05) is 6.07 Å². The van der Waals surface area contributed by atoms with E-state index in [1.165, 1.54) is 31.8 Å². The molecule has 1 aliphatic rings. The van der Waals surface area contributed by atoms with E-state index in [9.17, 15) is 0 Å². The predicted molar refractivity (Wildman–Crippen MR) is 82.6 cm³/mol. The highest BCUT2D eigenvalue weighted by Gasteiger charge is 2.17. The molecule has 1 heterocycles. The fourth-order valence-corrected chi connectivity index (χ4v) is 2.61. The third-order valence-electron chi connectivity index (χ3n) is 3.40. The summed E-state index contributed by atoms with van der Waals surface area (Å²) in [6.45, 7) is 5.89. The van der Waals surface area contributed by atoms with Gasteiger partial charge in [0.05, 0.1) is 35.4 Å². The van der Waals surface area contributed by atoms with Gasteiger partial charge in [-0.1, -0.05) is 30.1 Å². The Morgan fingerprint density at radius 2 is 1.95 bits per heavy atom. The van der Waals surface area contributed by atoms with Crippen LogP contribution in [0.4, 0.5) is 5.69 Å². The molecule has 0 amide bonds. The van der Waals surface area contributed by atoms with Crippen LogP contribution in [0.25, 0.3) is 0 Å². The minimum Gasteiger partial charge on any atom is -0.334 e. The van der Waals surface area contributed by atoms with Crippen molar-refractivity contribution in [3.63, 3.8) is 0 Å². The van der Waals surface area contributed by atoms with E-state index in [-0.39, 0.29) is 0 Å². The lowest BCUT2D eigenvalue weighted by Crippen LogP contribution is -3.13. The summed E-state index contributed by atoms with van der Waals surface area (Å²) < 4.78 is 0. The average Bonchev–Trinajstić information content (AvgIpc) is 2.42. The highest BCUT2D eigenvalue weighted by atomic mass is 35.5. The number of hydrazone groups is 1. The fraction of sp³-hybridized carbons (Fsp3) is 0.500. The lowest BCUT2D eigenvalue weighted by atomic mass is 10.1. The van der Waals surface area contributed by atoms with Crippen LogP contribution in [0, 0.1) is 0 Å². The Bertz CT molecular complexity index is 450. The summed E-state index contributed by atoms with van der Waals surface area (Å²) in [5, 5.41) is 5.59. The molecule has 1 fully saturated rings. The Labute approximate surface area is 124 Å². The fourth-order valence-electron chi connectivity index (χ4n) is 2.32. The van der Waals surface area contributed by atoms with Crippen LogP contribution in [0.3, 0.4) is 0 Å². The molecule has 1 aliphatic heterocycles. The second-order valence-electron chi connectivity index (χ2n) is 4.92. The van der Waals surface area contributed by atoms with Gasteiger partial charge in [0.25, 0.3) is 0 Å². The van der Waals surface area contributed by atoms with Crippen LogP contribution in [0.15, 0.2) is 23.3 Å². The number of nitrogens with zero attached hydrogens (tertiary/aromatic N) is 1. The predicted octanol–water partition coefficient (Wildman–Crippen LogP) is 2.85. The van der Waals surface area contributed by atoms with E-state index < -0.39 is 0 Å². The second-order valence-corrected chi connectivity index (χ2v) is 5.73. The molecule has 1 aromatic rings. The van der Waals surface area contributed by atoms with E-state index in [0.717, 1.165) is 18.5 Å². The molecule has 0 unspecified atom stereocenters. The highest BCUT2D eigenvalue weighted by molar-refractivity contribution is 6.42.